The standard InChI is InChI=1S/C20H18O7/c1-8(21)20(27)6-11-15(13(23)7-20)19(26)16-10(17(11)24)5-9-3-2-4-12(22)14(9)18(16)25/h2-5,8,13,21-23,25,27H,6-7H2,1H3/t8?,13-,20-/m0/s1. The monoisotopic (exact) mass is 370 g/mol. The molecule has 0 heterocycles. The van der Waals surface area contributed by atoms with Crippen molar-refractivity contribution in [3.8, 4) is 11.5 Å². The zero-order valence-electron chi connectivity index (χ0n) is 14.4. The average Bonchev–Trinajstić information content (AvgIpc) is 2.58. The number of hydrogen-bond acceptors (Lipinski definition) is 7. The third kappa shape index (κ3) is 2.32. The number of fused-ring (bicyclic) bond motifs is 2. The highest BCUT2D eigenvalue weighted by molar-refractivity contribution is 6.30. The van der Waals surface area contributed by atoms with E-state index in [1.807, 2.05) is 0 Å². The molecule has 1 unspecified atom stereocenters. The van der Waals surface area contributed by atoms with E-state index in [1.54, 1.807) is 12.1 Å². The molecule has 0 saturated heterocycles. The van der Waals surface area contributed by atoms with E-state index in [9.17, 15) is 35.1 Å². The number of hydrogen-bond donors (Lipinski definition) is 5. The number of aliphatic hydroxyl groups is 3. The lowest BCUT2D eigenvalue weighted by Gasteiger charge is -2.40. The van der Waals surface area contributed by atoms with Crippen molar-refractivity contribution < 1.29 is 35.1 Å². The predicted molar refractivity (Wildman–Crippen MR) is 94.8 cm³/mol. The molecule has 0 spiro atoms. The third-order valence-corrected chi connectivity index (χ3v) is 5.57. The van der Waals surface area contributed by atoms with E-state index in [2.05, 4.69) is 0 Å². The molecule has 2 aliphatic carbocycles. The third-order valence-electron chi connectivity index (χ3n) is 5.57. The van der Waals surface area contributed by atoms with Crippen LogP contribution in [-0.4, -0.2) is 54.9 Å². The minimum atomic E-state index is -1.73. The second-order valence-corrected chi connectivity index (χ2v) is 7.25. The first-order chi connectivity index (χ1) is 12.7. The topological polar surface area (TPSA) is 135 Å². The van der Waals surface area contributed by atoms with Gasteiger partial charge in [0.05, 0.1) is 28.8 Å². The molecule has 0 fully saturated rings. The molecule has 2 aliphatic rings. The largest absolute Gasteiger partial charge is 0.507 e. The molecule has 4 rings (SSSR count). The van der Waals surface area contributed by atoms with Crippen molar-refractivity contribution in [1.82, 2.24) is 0 Å². The fourth-order valence-electron chi connectivity index (χ4n) is 4.04. The zero-order chi connectivity index (χ0) is 19.7. The van der Waals surface area contributed by atoms with Crippen molar-refractivity contribution in [2.24, 2.45) is 0 Å². The second kappa shape index (κ2) is 5.63. The van der Waals surface area contributed by atoms with Gasteiger partial charge in [-0.1, -0.05) is 12.1 Å². The van der Waals surface area contributed by atoms with Crippen molar-refractivity contribution in [2.45, 2.75) is 37.6 Å². The fraction of sp³-hybridized carbons (Fsp3) is 0.300. The maximum absolute atomic E-state index is 13.0. The Morgan fingerprint density at radius 3 is 2.56 bits per heavy atom. The molecule has 0 radical (unpaired) electrons. The molecular formula is C20H18O7. The van der Waals surface area contributed by atoms with Gasteiger partial charge in [-0.05, 0) is 24.4 Å². The highest BCUT2D eigenvalue weighted by Gasteiger charge is 2.48. The minimum absolute atomic E-state index is 0.0484. The van der Waals surface area contributed by atoms with Crippen molar-refractivity contribution >= 4 is 22.3 Å². The summed E-state index contributed by atoms with van der Waals surface area (Å²) in [5, 5.41) is 51.9. The van der Waals surface area contributed by atoms with Crippen molar-refractivity contribution in [3.63, 3.8) is 0 Å². The highest BCUT2D eigenvalue weighted by atomic mass is 16.3. The Balaban J connectivity index is 1.98. The van der Waals surface area contributed by atoms with Gasteiger partial charge in [0, 0.05) is 29.6 Å². The van der Waals surface area contributed by atoms with Gasteiger partial charge in [-0.25, -0.2) is 0 Å². The molecular weight excluding hydrogens is 352 g/mol. The number of phenols is 2. The summed E-state index contributed by atoms with van der Waals surface area (Å²) in [6, 6.07) is 5.88. The molecule has 2 aromatic rings. The van der Waals surface area contributed by atoms with Crippen LogP contribution in [-0.2, 0) is 0 Å². The van der Waals surface area contributed by atoms with E-state index in [-0.39, 0.29) is 46.3 Å². The summed E-state index contributed by atoms with van der Waals surface area (Å²) in [6.07, 6.45) is -3.26. The Labute approximate surface area is 153 Å². The molecule has 5 N–H and O–H groups in total. The Bertz CT molecular complexity index is 1050. The lowest BCUT2D eigenvalue weighted by molar-refractivity contribution is -0.0922. The Morgan fingerprint density at radius 1 is 1.19 bits per heavy atom. The maximum atomic E-state index is 13.0. The molecule has 140 valence electrons. The SMILES string of the molecule is CC(O)[C@]1(O)CC2=C(C(=O)c3c(cc4cccc(O)c4c3O)C2=O)[C@@H](O)C1. The Kier molecular flexibility index (Phi) is 3.68. The first-order valence-corrected chi connectivity index (χ1v) is 8.54. The highest BCUT2D eigenvalue weighted by Crippen LogP contribution is 2.46. The van der Waals surface area contributed by atoms with Gasteiger partial charge in [-0.15, -0.1) is 0 Å². The summed E-state index contributed by atoms with van der Waals surface area (Å²) in [5.41, 5.74) is -2.30. The number of rotatable bonds is 1. The van der Waals surface area contributed by atoms with Crippen LogP contribution in [0.5, 0.6) is 11.5 Å². The number of aromatic hydroxyl groups is 2. The summed E-state index contributed by atoms with van der Waals surface area (Å²) >= 11 is 0. The van der Waals surface area contributed by atoms with Gasteiger partial charge in [0.1, 0.15) is 11.5 Å². The van der Waals surface area contributed by atoms with Crippen LogP contribution >= 0.6 is 0 Å². The van der Waals surface area contributed by atoms with Crippen molar-refractivity contribution in [1.29, 1.82) is 0 Å². The van der Waals surface area contributed by atoms with E-state index >= 15 is 0 Å². The number of Topliss-reactive ketones (excluding diaryl/α,β-unsaturated/α-hetero) is 2. The van der Waals surface area contributed by atoms with Gasteiger partial charge >= 0.3 is 0 Å². The van der Waals surface area contributed by atoms with E-state index in [4.69, 9.17) is 0 Å². The summed E-state index contributed by atoms with van der Waals surface area (Å²) < 4.78 is 0. The number of benzene rings is 2. The number of phenolic OH excluding ortho intramolecular Hbond substituents is 2. The Hall–Kier alpha value is -2.74. The van der Waals surface area contributed by atoms with Crippen LogP contribution in [0.15, 0.2) is 35.4 Å². The molecule has 0 amide bonds. The number of ketones is 2. The lowest BCUT2D eigenvalue weighted by atomic mass is 9.69. The molecule has 2 aromatic carbocycles. The van der Waals surface area contributed by atoms with Gasteiger partial charge < -0.3 is 25.5 Å². The van der Waals surface area contributed by atoms with Crippen LogP contribution in [0, 0.1) is 0 Å². The molecule has 3 atom stereocenters. The number of carbonyl (C=O) groups excluding carboxylic acids is 2. The Morgan fingerprint density at radius 2 is 1.89 bits per heavy atom. The van der Waals surface area contributed by atoms with Crippen molar-refractivity contribution in [2.75, 3.05) is 0 Å². The average molecular weight is 370 g/mol. The molecule has 0 saturated carbocycles. The fourth-order valence-corrected chi connectivity index (χ4v) is 4.04. The van der Waals surface area contributed by atoms with E-state index < -0.39 is 35.1 Å². The van der Waals surface area contributed by atoms with Crippen LogP contribution in [0.3, 0.4) is 0 Å². The van der Waals surface area contributed by atoms with Crippen LogP contribution in [0.4, 0.5) is 0 Å². The van der Waals surface area contributed by atoms with Gasteiger partial charge in [0.2, 0.25) is 0 Å². The maximum Gasteiger partial charge on any atom is 0.196 e. The molecule has 0 aliphatic heterocycles. The van der Waals surface area contributed by atoms with Gasteiger partial charge in [0.25, 0.3) is 0 Å². The van der Waals surface area contributed by atoms with E-state index in [1.165, 1.54) is 19.1 Å². The summed E-state index contributed by atoms with van der Waals surface area (Å²) in [6.45, 7) is 1.35. The molecule has 0 bridgehead atoms. The number of aliphatic hydroxyl groups excluding tert-OH is 2. The summed E-state index contributed by atoms with van der Waals surface area (Å²) in [4.78, 5) is 26.1. The summed E-state index contributed by atoms with van der Waals surface area (Å²) in [5.74, 6) is -2.07. The quantitative estimate of drug-likeness (QED) is 0.509. The first-order valence-electron chi connectivity index (χ1n) is 8.54. The minimum Gasteiger partial charge on any atom is -0.507 e. The molecule has 0 aromatic heterocycles. The van der Waals surface area contributed by atoms with Crippen LogP contribution in [0.2, 0.25) is 0 Å². The van der Waals surface area contributed by atoms with Crippen LogP contribution < -0.4 is 0 Å². The van der Waals surface area contributed by atoms with Gasteiger partial charge in [-0.3, -0.25) is 9.59 Å². The second-order valence-electron chi connectivity index (χ2n) is 7.25. The molecule has 27 heavy (non-hydrogen) atoms. The van der Waals surface area contributed by atoms with Crippen molar-refractivity contribution in [3.05, 3.63) is 46.5 Å². The first kappa shape index (κ1) is 17.7. The van der Waals surface area contributed by atoms with Gasteiger partial charge in [-0.2, -0.15) is 0 Å². The number of carbonyl (C=O) groups is 2. The smallest absolute Gasteiger partial charge is 0.196 e. The lowest BCUT2D eigenvalue weighted by Crippen LogP contribution is -2.50. The van der Waals surface area contributed by atoms with Crippen LogP contribution in [0.25, 0.3) is 10.8 Å². The zero-order valence-corrected chi connectivity index (χ0v) is 14.4. The van der Waals surface area contributed by atoms with E-state index in [0.717, 1.165) is 0 Å². The normalized spacial score (nSPS) is 26.1. The molecule has 7 heteroatoms. The van der Waals surface area contributed by atoms with E-state index in [0.29, 0.717) is 5.39 Å². The predicted octanol–water partition coefficient (Wildman–Crippen LogP) is 1.19. The summed E-state index contributed by atoms with van der Waals surface area (Å²) in [7, 11) is 0. The van der Waals surface area contributed by atoms with Crippen LogP contribution in [0.1, 0.15) is 40.5 Å². The molecule has 7 nitrogen and oxygen atoms in total. The van der Waals surface area contributed by atoms with Gasteiger partial charge in [0.15, 0.2) is 11.6 Å².